The molecular formula is C28H20N4O2. The molecule has 1 amide bonds. The Morgan fingerprint density at radius 3 is 2.21 bits per heavy atom. The van der Waals surface area contributed by atoms with E-state index >= 15 is 0 Å². The maximum Gasteiger partial charge on any atom is 0.277 e. The van der Waals surface area contributed by atoms with Crippen molar-refractivity contribution in [2.24, 2.45) is 5.10 Å². The quantitative estimate of drug-likeness (QED) is 0.295. The number of hydrazone groups is 1. The summed E-state index contributed by atoms with van der Waals surface area (Å²) in [5.41, 5.74) is 5.20. The molecule has 0 saturated carbocycles. The number of fused-ring (bicyclic) bond motifs is 1. The van der Waals surface area contributed by atoms with Gasteiger partial charge in [-0.25, -0.2) is 10.5 Å². The summed E-state index contributed by atoms with van der Waals surface area (Å²) in [7, 11) is 0. The molecule has 0 radical (unpaired) electrons. The van der Waals surface area contributed by atoms with E-state index in [1.807, 2.05) is 103 Å². The van der Waals surface area contributed by atoms with Crippen LogP contribution in [-0.2, 0) is 0 Å². The van der Waals surface area contributed by atoms with Gasteiger partial charge < -0.3 is 0 Å². The third-order valence-electron chi connectivity index (χ3n) is 5.51. The molecule has 6 nitrogen and oxygen atoms in total. The van der Waals surface area contributed by atoms with E-state index < -0.39 is 11.5 Å². The van der Waals surface area contributed by atoms with Crippen LogP contribution in [0, 0.1) is 0 Å². The summed E-state index contributed by atoms with van der Waals surface area (Å²) in [5, 5.41) is 13.0. The van der Waals surface area contributed by atoms with Crippen LogP contribution >= 0.6 is 0 Å². The van der Waals surface area contributed by atoms with Crippen LogP contribution in [0.4, 0.5) is 0 Å². The maximum atomic E-state index is 13.2. The van der Waals surface area contributed by atoms with E-state index in [1.54, 1.807) is 6.21 Å². The van der Waals surface area contributed by atoms with Crippen LogP contribution in [0.25, 0.3) is 33.2 Å². The largest absolute Gasteiger partial charge is 0.277 e. The van der Waals surface area contributed by atoms with Crippen LogP contribution in [0.15, 0.2) is 113 Å². The van der Waals surface area contributed by atoms with E-state index in [9.17, 15) is 9.59 Å². The second kappa shape index (κ2) is 9.34. The van der Waals surface area contributed by atoms with Gasteiger partial charge in [0.15, 0.2) is 0 Å². The van der Waals surface area contributed by atoms with E-state index in [4.69, 9.17) is 0 Å². The zero-order valence-electron chi connectivity index (χ0n) is 18.1. The molecule has 0 spiro atoms. The molecule has 0 aliphatic rings. The fraction of sp³-hybridized carbons (Fsp3) is 0. The maximum absolute atomic E-state index is 13.2. The van der Waals surface area contributed by atoms with E-state index in [-0.39, 0.29) is 5.56 Å². The minimum absolute atomic E-state index is 0.0462. The van der Waals surface area contributed by atoms with Crippen molar-refractivity contribution in [2.75, 3.05) is 0 Å². The van der Waals surface area contributed by atoms with Gasteiger partial charge >= 0.3 is 0 Å². The van der Waals surface area contributed by atoms with Crippen LogP contribution < -0.4 is 11.0 Å². The molecule has 0 aliphatic heterocycles. The Kier molecular flexibility index (Phi) is 5.78. The number of hydrogen-bond donors (Lipinski definition) is 2. The summed E-state index contributed by atoms with van der Waals surface area (Å²) < 4.78 is 0. The smallest absolute Gasteiger partial charge is 0.267 e. The van der Waals surface area contributed by atoms with Crippen LogP contribution in [0.3, 0.4) is 0 Å². The highest BCUT2D eigenvalue weighted by molar-refractivity contribution is 6.04. The molecular weight excluding hydrogens is 424 g/mol. The number of carbonyl (C=O) groups excluding carboxylic acids is 1. The molecule has 1 aromatic heterocycles. The summed E-state index contributed by atoms with van der Waals surface area (Å²) in [5.74, 6) is -0.615. The van der Waals surface area contributed by atoms with Gasteiger partial charge in [0.25, 0.3) is 11.5 Å². The molecule has 0 aliphatic carbocycles. The second-order valence-electron chi connectivity index (χ2n) is 7.65. The number of nitrogens with zero attached hydrogens (tertiary/aromatic N) is 2. The molecule has 0 saturated heterocycles. The number of nitrogens with one attached hydrogen (secondary N) is 2. The summed E-state index contributed by atoms with van der Waals surface area (Å²) >= 11 is 0. The van der Waals surface area contributed by atoms with E-state index in [0.29, 0.717) is 16.8 Å². The van der Waals surface area contributed by atoms with E-state index in [1.165, 1.54) is 0 Å². The highest BCUT2D eigenvalue weighted by Gasteiger charge is 2.22. The minimum Gasteiger partial charge on any atom is -0.267 e. The summed E-state index contributed by atoms with van der Waals surface area (Å²) in [6.45, 7) is 0. The Hall–Kier alpha value is -4.84. The molecule has 5 rings (SSSR count). The fourth-order valence-corrected chi connectivity index (χ4v) is 3.94. The number of rotatable bonds is 5. The first-order chi connectivity index (χ1) is 16.7. The van der Waals surface area contributed by atoms with Crippen molar-refractivity contribution < 1.29 is 4.79 Å². The first kappa shape index (κ1) is 21.0. The fourth-order valence-electron chi connectivity index (χ4n) is 3.94. The van der Waals surface area contributed by atoms with Crippen molar-refractivity contribution >= 4 is 22.9 Å². The lowest BCUT2D eigenvalue weighted by Crippen LogP contribution is -2.28. The molecule has 4 aromatic carbocycles. The monoisotopic (exact) mass is 444 g/mol. The number of H-pyrrole nitrogens is 1. The number of aromatic amines is 1. The lowest BCUT2D eigenvalue weighted by molar-refractivity contribution is 0.0954. The van der Waals surface area contributed by atoms with Gasteiger partial charge in [-0.2, -0.15) is 10.2 Å². The number of amides is 1. The van der Waals surface area contributed by atoms with Gasteiger partial charge in [0.05, 0.1) is 11.9 Å². The molecule has 5 aromatic rings. The van der Waals surface area contributed by atoms with Gasteiger partial charge in [-0.05, 0) is 16.3 Å². The minimum atomic E-state index is -0.615. The van der Waals surface area contributed by atoms with Gasteiger partial charge in [0.1, 0.15) is 5.56 Å². The Balaban J connectivity index is 1.56. The molecule has 0 fully saturated rings. The molecule has 6 heteroatoms. The predicted molar refractivity (Wildman–Crippen MR) is 135 cm³/mol. The normalized spacial score (nSPS) is 11.1. The first-order valence-electron chi connectivity index (χ1n) is 10.8. The lowest BCUT2D eigenvalue weighted by Gasteiger charge is -2.12. The Morgan fingerprint density at radius 2 is 1.44 bits per heavy atom. The average Bonchev–Trinajstić information content (AvgIpc) is 2.89. The Morgan fingerprint density at radius 1 is 0.794 bits per heavy atom. The molecule has 0 atom stereocenters. The van der Waals surface area contributed by atoms with Gasteiger partial charge in [-0.3, -0.25) is 9.59 Å². The van der Waals surface area contributed by atoms with Crippen molar-refractivity contribution in [2.45, 2.75) is 0 Å². The van der Waals surface area contributed by atoms with Gasteiger partial charge in [0, 0.05) is 16.7 Å². The lowest BCUT2D eigenvalue weighted by atomic mass is 9.95. The van der Waals surface area contributed by atoms with Crippen molar-refractivity contribution in [1.82, 2.24) is 15.6 Å². The van der Waals surface area contributed by atoms with E-state index in [2.05, 4.69) is 20.7 Å². The third-order valence-corrected chi connectivity index (χ3v) is 5.51. The highest BCUT2D eigenvalue weighted by Crippen LogP contribution is 2.31. The van der Waals surface area contributed by atoms with E-state index in [0.717, 1.165) is 21.9 Å². The number of carbonyl (C=O) groups is 1. The van der Waals surface area contributed by atoms with Crippen molar-refractivity contribution in [1.29, 1.82) is 0 Å². The molecule has 2 N–H and O–H groups in total. The number of aromatic nitrogens is 2. The zero-order chi connectivity index (χ0) is 23.3. The van der Waals surface area contributed by atoms with Gasteiger partial charge in [0.2, 0.25) is 0 Å². The summed E-state index contributed by atoms with van der Waals surface area (Å²) in [4.78, 5) is 26.0. The summed E-state index contributed by atoms with van der Waals surface area (Å²) in [6.07, 6.45) is 1.58. The summed E-state index contributed by atoms with van der Waals surface area (Å²) in [6, 6.07) is 32.5. The molecule has 34 heavy (non-hydrogen) atoms. The Bertz CT molecular complexity index is 1550. The number of benzene rings is 4. The SMILES string of the molecule is O=C(NN=Cc1cccc2ccccc12)c1c(-c2ccccc2)c(-c2ccccc2)n[nH]c1=O. The van der Waals surface area contributed by atoms with Crippen LogP contribution in [0.5, 0.6) is 0 Å². The zero-order valence-corrected chi connectivity index (χ0v) is 18.1. The van der Waals surface area contributed by atoms with Crippen molar-refractivity contribution in [3.8, 4) is 22.4 Å². The number of hydrogen-bond acceptors (Lipinski definition) is 4. The standard InChI is InChI=1S/C28H20N4O2/c33-27(31-29-18-22-16-9-15-19-10-7-8-17-23(19)22)25-24(20-11-3-1-4-12-20)26(30-32-28(25)34)21-13-5-2-6-14-21/h1-18H,(H,31,33)(H,32,34). The highest BCUT2D eigenvalue weighted by atomic mass is 16.2. The molecule has 1 heterocycles. The van der Waals surface area contributed by atoms with Gasteiger partial charge in [-0.1, -0.05) is 103 Å². The topological polar surface area (TPSA) is 87.2 Å². The Labute approximate surface area is 195 Å². The second-order valence-corrected chi connectivity index (χ2v) is 7.65. The van der Waals surface area contributed by atoms with Crippen molar-refractivity contribution in [3.05, 3.63) is 125 Å². The van der Waals surface area contributed by atoms with Gasteiger partial charge in [-0.15, -0.1) is 0 Å². The van der Waals surface area contributed by atoms with Crippen LogP contribution in [0.1, 0.15) is 15.9 Å². The third kappa shape index (κ3) is 4.12. The van der Waals surface area contributed by atoms with Crippen molar-refractivity contribution in [3.63, 3.8) is 0 Å². The predicted octanol–water partition coefficient (Wildman–Crippen LogP) is 5.02. The average molecular weight is 444 g/mol. The molecule has 0 bridgehead atoms. The molecule has 164 valence electrons. The van der Waals surface area contributed by atoms with Crippen LogP contribution in [0.2, 0.25) is 0 Å². The first-order valence-corrected chi connectivity index (χ1v) is 10.8. The molecule has 0 unspecified atom stereocenters. The van der Waals surface area contributed by atoms with Crippen LogP contribution in [-0.4, -0.2) is 22.3 Å².